The lowest BCUT2D eigenvalue weighted by molar-refractivity contribution is 0.102. The molecule has 4 nitrogen and oxygen atoms in total. The third-order valence-corrected chi connectivity index (χ3v) is 4.65. The van der Waals surface area contributed by atoms with Crippen molar-refractivity contribution in [1.29, 1.82) is 0 Å². The number of rotatable bonds is 4. The molecule has 1 amide bonds. The van der Waals surface area contributed by atoms with Gasteiger partial charge in [-0.05, 0) is 48.9 Å². The predicted molar refractivity (Wildman–Crippen MR) is 98.6 cm³/mol. The Bertz CT molecular complexity index is 696. The number of hydrogen-bond donors (Lipinski definition) is 1. The molecule has 0 saturated carbocycles. The molecule has 1 saturated heterocycles. The van der Waals surface area contributed by atoms with E-state index in [9.17, 15) is 4.79 Å². The first-order valence-corrected chi connectivity index (χ1v) is 8.77. The third kappa shape index (κ3) is 3.75. The van der Waals surface area contributed by atoms with Crippen molar-refractivity contribution in [2.24, 2.45) is 5.92 Å². The van der Waals surface area contributed by atoms with E-state index in [1.165, 1.54) is 12.8 Å². The number of carbonyl (C=O) groups excluding carboxylic acids is 1. The van der Waals surface area contributed by atoms with Crippen LogP contribution in [-0.4, -0.2) is 24.0 Å². The zero-order valence-corrected chi connectivity index (χ0v) is 14.5. The fourth-order valence-electron chi connectivity index (χ4n) is 3.27. The number of hydrogen-bond acceptors (Lipinski definition) is 3. The zero-order chi connectivity index (χ0) is 16.9. The van der Waals surface area contributed by atoms with Crippen LogP contribution in [0.4, 0.5) is 11.4 Å². The molecule has 1 N–H and O–H groups in total. The Kier molecular flexibility index (Phi) is 5.14. The SMILES string of the molecule is CCc1ccccc1NC(=O)c1ccc(N2CCCC(C)C2)cn1. The lowest BCUT2D eigenvalue weighted by Gasteiger charge is -2.32. The van der Waals surface area contributed by atoms with Crippen LogP contribution in [0.5, 0.6) is 0 Å². The van der Waals surface area contributed by atoms with E-state index >= 15 is 0 Å². The van der Waals surface area contributed by atoms with Crippen LogP contribution >= 0.6 is 0 Å². The smallest absolute Gasteiger partial charge is 0.274 e. The van der Waals surface area contributed by atoms with Gasteiger partial charge in [0.2, 0.25) is 0 Å². The van der Waals surface area contributed by atoms with E-state index in [1.807, 2.05) is 42.6 Å². The number of benzene rings is 1. The number of nitrogens with zero attached hydrogens (tertiary/aromatic N) is 2. The van der Waals surface area contributed by atoms with Crippen molar-refractivity contribution >= 4 is 17.3 Å². The Hall–Kier alpha value is -2.36. The van der Waals surface area contributed by atoms with E-state index in [0.29, 0.717) is 11.6 Å². The van der Waals surface area contributed by atoms with Crippen LogP contribution in [0.25, 0.3) is 0 Å². The molecule has 1 aromatic carbocycles. The molecule has 3 rings (SSSR count). The minimum atomic E-state index is -0.158. The molecule has 2 heterocycles. The van der Waals surface area contributed by atoms with Gasteiger partial charge in [-0.2, -0.15) is 0 Å². The summed E-state index contributed by atoms with van der Waals surface area (Å²) in [7, 11) is 0. The summed E-state index contributed by atoms with van der Waals surface area (Å²) >= 11 is 0. The van der Waals surface area contributed by atoms with Crippen molar-refractivity contribution in [2.45, 2.75) is 33.1 Å². The average Bonchev–Trinajstić information content (AvgIpc) is 2.62. The van der Waals surface area contributed by atoms with Crippen molar-refractivity contribution in [3.63, 3.8) is 0 Å². The van der Waals surface area contributed by atoms with Gasteiger partial charge in [0.25, 0.3) is 5.91 Å². The van der Waals surface area contributed by atoms with Gasteiger partial charge in [-0.15, -0.1) is 0 Å². The second-order valence-corrected chi connectivity index (χ2v) is 6.56. The molecule has 2 aromatic rings. The molecule has 0 radical (unpaired) electrons. The molecule has 1 aliphatic heterocycles. The number of amides is 1. The largest absolute Gasteiger partial charge is 0.370 e. The van der Waals surface area contributed by atoms with E-state index in [-0.39, 0.29) is 5.91 Å². The summed E-state index contributed by atoms with van der Waals surface area (Å²) in [4.78, 5) is 19.2. The number of para-hydroxylation sites is 1. The monoisotopic (exact) mass is 323 g/mol. The van der Waals surface area contributed by atoms with Crippen molar-refractivity contribution in [2.75, 3.05) is 23.3 Å². The fraction of sp³-hybridized carbons (Fsp3) is 0.400. The van der Waals surface area contributed by atoms with Gasteiger partial charge >= 0.3 is 0 Å². The highest BCUT2D eigenvalue weighted by Crippen LogP contribution is 2.22. The van der Waals surface area contributed by atoms with Gasteiger partial charge in [0, 0.05) is 18.8 Å². The van der Waals surface area contributed by atoms with E-state index in [4.69, 9.17) is 0 Å². The minimum absolute atomic E-state index is 0.158. The average molecular weight is 323 g/mol. The van der Waals surface area contributed by atoms with E-state index in [0.717, 1.165) is 36.4 Å². The van der Waals surface area contributed by atoms with E-state index in [1.54, 1.807) is 0 Å². The molecular formula is C20H25N3O. The number of pyridine rings is 1. The second kappa shape index (κ2) is 7.47. The van der Waals surface area contributed by atoms with E-state index < -0.39 is 0 Å². The van der Waals surface area contributed by atoms with Crippen LogP contribution in [0.1, 0.15) is 42.7 Å². The molecule has 1 aliphatic rings. The molecule has 0 aliphatic carbocycles. The molecule has 1 atom stereocenters. The van der Waals surface area contributed by atoms with Gasteiger partial charge in [-0.3, -0.25) is 4.79 Å². The van der Waals surface area contributed by atoms with Crippen LogP contribution < -0.4 is 10.2 Å². The van der Waals surface area contributed by atoms with Crippen LogP contribution in [0, 0.1) is 5.92 Å². The van der Waals surface area contributed by atoms with Gasteiger partial charge < -0.3 is 10.2 Å². The fourth-order valence-corrected chi connectivity index (χ4v) is 3.27. The topological polar surface area (TPSA) is 45.2 Å². The number of nitrogens with one attached hydrogen (secondary N) is 1. The van der Waals surface area contributed by atoms with E-state index in [2.05, 4.69) is 29.0 Å². The summed E-state index contributed by atoms with van der Waals surface area (Å²) in [6.07, 6.45) is 5.22. The molecular weight excluding hydrogens is 298 g/mol. The van der Waals surface area contributed by atoms with Gasteiger partial charge in [0.1, 0.15) is 5.69 Å². The van der Waals surface area contributed by atoms with Crippen molar-refractivity contribution < 1.29 is 4.79 Å². The molecule has 126 valence electrons. The summed E-state index contributed by atoms with van der Waals surface area (Å²) in [6, 6.07) is 11.7. The second-order valence-electron chi connectivity index (χ2n) is 6.56. The molecule has 4 heteroatoms. The maximum atomic E-state index is 12.4. The Balaban J connectivity index is 1.70. The first-order valence-electron chi connectivity index (χ1n) is 8.77. The third-order valence-electron chi connectivity index (χ3n) is 4.65. The summed E-state index contributed by atoms with van der Waals surface area (Å²) in [6.45, 7) is 6.50. The van der Waals surface area contributed by atoms with Gasteiger partial charge in [-0.25, -0.2) is 4.98 Å². The van der Waals surface area contributed by atoms with Crippen LogP contribution in [0.2, 0.25) is 0 Å². The molecule has 1 fully saturated rings. The lowest BCUT2D eigenvalue weighted by Crippen LogP contribution is -2.34. The van der Waals surface area contributed by atoms with Crippen molar-refractivity contribution in [1.82, 2.24) is 4.98 Å². The number of aromatic nitrogens is 1. The summed E-state index contributed by atoms with van der Waals surface area (Å²) in [5.74, 6) is 0.557. The normalized spacial score (nSPS) is 17.6. The van der Waals surface area contributed by atoms with Crippen molar-refractivity contribution in [3.05, 3.63) is 53.9 Å². The maximum absolute atomic E-state index is 12.4. The Morgan fingerprint density at radius 2 is 2.12 bits per heavy atom. The maximum Gasteiger partial charge on any atom is 0.274 e. The zero-order valence-electron chi connectivity index (χ0n) is 14.5. The summed E-state index contributed by atoms with van der Waals surface area (Å²) < 4.78 is 0. The Morgan fingerprint density at radius 3 is 2.83 bits per heavy atom. The number of piperidine rings is 1. The number of carbonyl (C=O) groups is 1. The molecule has 1 unspecified atom stereocenters. The highest BCUT2D eigenvalue weighted by Gasteiger charge is 2.17. The minimum Gasteiger partial charge on any atom is -0.370 e. The van der Waals surface area contributed by atoms with Crippen LogP contribution in [-0.2, 0) is 6.42 Å². The summed E-state index contributed by atoms with van der Waals surface area (Å²) in [5, 5.41) is 2.97. The Morgan fingerprint density at radius 1 is 1.29 bits per heavy atom. The predicted octanol–water partition coefficient (Wildman–Crippen LogP) is 4.13. The molecule has 0 spiro atoms. The Labute approximate surface area is 143 Å². The van der Waals surface area contributed by atoms with Crippen molar-refractivity contribution in [3.8, 4) is 0 Å². The summed E-state index contributed by atoms with van der Waals surface area (Å²) in [5.41, 5.74) is 3.55. The standard InChI is InChI=1S/C20H25N3O/c1-3-16-8-4-5-9-18(16)22-20(24)19-11-10-17(13-21-19)23-12-6-7-15(2)14-23/h4-5,8-11,13,15H,3,6-7,12,14H2,1-2H3,(H,22,24). The molecule has 24 heavy (non-hydrogen) atoms. The molecule has 1 aromatic heterocycles. The number of aryl methyl sites for hydroxylation is 1. The highest BCUT2D eigenvalue weighted by atomic mass is 16.1. The van der Waals surface area contributed by atoms with Gasteiger partial charge in [0.15, 0.2) is 0 Å². The lowest BCUT2D eigenvalue weighted by atomic mass is 10.00. The van der Waals surface area contributed by atoms with Crippen LogP contribution in [0.3, 0.4) is 0 Å². The first-order chi connectivity index (χ1) is 11.7. The highest BCUT2D eigenvalue weighted by molar-refractivity contribution is 6.03. The first kappa shape index (κ1) is 16.5. The quantitative estimate of drug-likeness (QED) is 0.920. The van der Waals surface area contributed by atoms with Crippen LogP contribution in [0.15, 0.2) is 42.6 Å². The molecule has 0 bridgehead atoms. The number of anilines is 2. The van der Waals surface area contributed by atoms with Gasteiger partial charge in [-0.1, -0.05) is 32.0 Å². The van der Waals surface area contributed by atoms with Gasteiger partial charge in [0.05, 0.1) is 11.9 Å².